The van der Waals surface area contributed by atoms with Crippen molar-refractivity contribution >= 4 is 5.96 Å². The van der Waals surface area contributed by atoms with Crippen molar-refractivity contribution in [1.29, 1.82) is 0 Å². The van der Waals surface area contributed by atoms with Gasteiger partial charge in [0.05, 0.1) is 6.54 Å². The van der Waals surface area contributed by atoms with Gasteiger partial charge >= 0.3 is 0 Å². The summed E-state index contributed by atoms with van der Waals surface area (Å²) in [5.74, 6) is -1.19. The molecule has 0 saturated heterocycles. The summed E-state index contributed by atoms with van der Waals surface area (Å²) in [5.41, 5.74) is 5.56. The lowest BCUT2D eigenvalue weighted by molar-refractivity contribution is 0.319. The highest BCUT2D eigenvalue weighted by Gasteiger charge is 2.02. The minimum atomic E-state index is -0.926. The molecule has 0 aromatic heterocycles. The summed E-state index contributed by atoms with van der Waals surface area (Å²) in [6, 6.07) is 3.39. The number of hydrogen-bond acceptors (Lipinski definition) is 2. The molecule has 0 saturated carbocycles. The first-order chi connectivity index (χ1) is 8.63. The van der Waals surface area contributed by atoms with Crippen molar-refractivity contribution < 1.29 is 13.5 Å². The molecule has 0 amide bonds. The van der Waals surface area contributed by atoms with E-state index in [9.17, 15) is 8.78 Å². The summed E-state index contributed by atoms with van der Waals surface area (Å²) in [4.78, 5) is 4.03. The van der Waals surface area contributed by atoms with Crippen LogP contribution in [0.5, 0.6) is 5.75 Å². The van der Waals surface area contributed by atoms with Crippen LogP contribution in [-0.4, -0.2) is 25.7 Å². The van der Waals surface area contributed by atoms with E-state index in [1.54, 1.807) is 0 Å². The second kappa shape index (κ2) is 7.47. The maximum absolute atomic E-state index is 12.8. The van der Waals surface area contributed by atoms with Crippen LogP contribution in [0.3, 0.4) is 0 Å². The van der Waals surface area contributed by atoms with Gasteiger partial charge < -0.3 is 15.8 Å². The Morgan fingerprint density at radius 3 is 2.83 bits per heavy atom. The van der Waals surface area contributed by atoms with Gasteiger partial charge in [-0.25, -0.2) is 8.78 Å². The Hall–Kier alpha value is -1.85. The predicted molar refractivity (Wildman–Crippen MR) is 66.6 cm³/mol. The molecule has 0 aliphatic rings. The highest BCUT2D eigenvalue weighted by molar-refractivity contribution is 5.77. The van der Waals surface area contributed by atoms with Crippen molar-refractivity contribution in [3.05, 3.63) is 29.8 Å². The van der Waals surface area contributed by atoms with Gasteiger partial charge in [0.2, 0.25) is 0 Å². The van der Waals surface area contributed by atoms with Gasteiger partial charge in [-0.2, -0.15) is 0 Å². The maximum atomic E-state index is 12.8. The second-order valence-electron chi connectivity index (χ2n) is 3.62. The Morgan fingerprint density at radius 1 is 1.39 bits per heavy atom. The van der Waals surface area contributed by atoms with E-state index in [1.165, 1.54) is 6.07 Å². The number of halogens is 2. The quantitative estimate of drug-likeness (QED) is 0.463. The number of nitrogens with zero attached hydrogens (tertiary/aromatic N) is 1. The monoisotopic (exact) mass is 257 g/mol. The fraction of sp³-hybridized carbons (Fsp3) is 0.417. The molecule has 0 spiro atoms. The van der Waals surface area contributed by atoms with Crippen LogP contribution >= 0.6 is 0 Å². The number of rotatable bonds is 6. The Bertz CT molecular complexity index is 410. The number of benzene rings is 1. The molecule has 0 bridgehead atoms. The number of nitrogens with one attached hydrogen (secondary N) is 1. The predicted octanol–water partition coefficient (Wildman–Crippen LogP) is 1.66. The topological polar surface area (TPSA) is 59.6 Å². The molecule has 0 fully saturated rings. The zero-order chi connectivity index (χ0) is 13.4. The van der Waals surface area contributed by atoms with Crippen LogP contribution in [0.25, 0.3) is 0 Å². The summed E-state index contributed by atoms with van der Waals surface area (Å²) in [5, 5.41) is 2.85. The summed E-state index contributed by atoms with van der Waals surface area (Å²) in [6.45, 7) is 3.40. The van der Waals surface area contributed by atoms with Crippen LogP contribution < -0.4 is 15.8 Å². The molecule has 0 radical (unpaired) electrons. The van der Waals surface area contributed by atoms with E-state index in [2.05, 4.69) is 10.3 Å². The Balaban J connectivity index is 2.27. The van der Waals surface area contributed by atoms with Gasteiger partial charge in [-0.1, -0.05) is 6.92 Å². The molecule has 18 heavy (non-hydrogen) atoms. The molecule has 0 heterocycles. The largest absolute Gasteiger partial charge is 0.492 e. The molecule has 6 heteroatoms. The third kappa shape index (κ3) is 4.99. The van der Waals surface area contributed by atoms with Gasteiger partial charge in [0.15, 0.2) is 17.6 Å². The molecule has 4 nitrogen and oxygen atoms in total. The number of nitrogens with two attached hydrogens (primary N) is 1. The first-order valence-corrected chi connectivity index (χ1v) is 5.75. The minimum Gasteiger partial charge on any atom is -0.492 e. The molecule has 0 aliphatic heterocycles. The van der Waals surface area contributed by atoms with Crippen LogP contribution in [0, 0.1) is 11.6 Å². The molecular weight excluding hydrogens is 240 g/mol. The lowest BCUT2D eigenvalue weighted by atomic mass is 10.3. The van der Waals surface area contributed by atoms with Crippen molar-refractivity contribution in [3.8, 4) is 5.75 Å². The van der Waals surface area contributed by atoms with E-state index in [0.717, 1.165) is 18.6 Å². The van der Waals surface area contributed by atoms with Gasteiger partial charge in [-0.3, -0.25) is 4.99 Å². The molecule has 1 aromatic rings. The SMILES string of the molecule is CCCN=C(N)NCCOc1ccc(F)c(F)c1. The zero-order valence-electron chi connectivity index (χ0n) is 10.2. The average molecular weight is 257 g/mol. The Labute approximate surface area is 105 Å². The van der Waals surface area contributed by atoms with Crippen LogP contribution in [0.2, 0.25) is 0 Å². The summed E-state index contributed by atoms with van der Waals surface area (Å²) >= 11 is 0. The highest BCUT2D eigenvalue weighted by atomic mass is 19.2. The Kier molecular flexibility index (Phi) is 5.90. The second-order valence-corrected chi connectivity index (χ2v) is 3.62. The van der Waals surface area contributed by atoms with Crippen molar-refractivity contribution in [2.75, 3.05) is 19.7 Å². The average Bonchev–Trinajstić information content (AvgIpc) is 2.36. The lowest BCUT2D eigenvalue weighted by Crippen LogP contribution is -2.34. The zero-order valence-corrected chi connectivity index (χ0v) is 10.2. The third-order valence-corrected chi connectivity index (χ3v) is 2.07. The van der Waals surface area contributed by atoms with E-state index in [-0.39, 0.29) is 12.4 Å². The number of guanidine groups is 1. The summed E-state index contributed by atoms with van der Waals surface area (Å²) < 4.78 is 30.7. The minimum absolute atomic E-state index is 0.278. The van der Waals surface area contributed by atoms with Crippen LogP contribution in [0.4, 0.5) is 8.78 Å². The van der Waals surface area contributed by atoms with E-state index in [0.29, 0.717) is 19.0 Å². The van der Waals surface area contributed by atoms with Crippen LogP contribution in [0.15, 0.2) is 23.2 Å². The van der Waals surface area contributed by atoms with Crippen LogP contribution in [-0.2, 0) is 0 Å². The Morgan fingerprint density at radius 2 is 2.17 bits per heavy atom. The normalized spacial score (nSPS) is 11.4. The van der Waals surface area contributed by atoms with Gasteiger partial charge in [-0.05, 0) is 18.6 Å². The highest BCUT2D eigenvalue weighted by Crippen LogP contribution is 2.14. The van der Waals surface area contributed by atoms with Crippen molar-refractivity contribution in [2.24, 2.45) is 10.7 Å². The maximum Gasteiger partial charge on any atom is 0.188 e. The van der Waals surface area contributed by atoms with E-state index >= 15 is 0 Å². The first kappa shape index (κ1) is 14.2. The molecular formula is C12H17F2N3O. The van der Waals surface area contributed by atoms with Crippen molar-refractivity contribution in [3.63, 3.8) is 0 Å². The number of ether oxygens (including phenoxy) is 1. The van der Waals surface area contributed by atoms with Gasteiger partial charge in [0.1, 0.15) is 12.4 Å². The number of aliphatic imine (C=N–C) groups is 1. The van der Waals surface area contributed by atoms with Gasteiger partial charge in [-0.15, -0.1) is 0 Å². The fourth-order valence-corrected chi connectivity index (χ4v) is 1.20. The fourth-order valence-electron chi connectivity index (χ4n) is 1.20. The standard InChI is InChI=1S/C12H17F2N3O/c1-2-5-16-12(15)17-6-7-18-9-3-4-10(13)11(14)8-9/h3-4,8H,2,5-7H2,1H3,(H3,15,16,17). The van der Waals surface area contributed by atoms with E-state index in [4.69, 9.17) is 10.5 Å². The summed E-state index contributed by atoms with van der Waals surface area (Å²) in [7, 11) is 0. The molecule has 1 rings (SSSR count). The molecule has 100 valence electrons. The molecule has 0 aliphatic carbocycles. The smallest absolute Gasteiger partial charge is 0.188 e. The van der Waals surface area contributed by atoms with Crippen molar-refractivity contribution in [2.45, 2.75) is 13.3 Å². The van der Waals surface area contributed by atoms with Crippen LogP contribution in [0.1, 0.15) is 13.3 Å². The van der Waals surface area contributed by atoms with Crippen molar-refractivity contribution in [1.82, 2.24) is 5.32 Å². The molecule has 0 unspecified atom stereocenters. The van der Waals surface area contributed by atoms with E-state index in [1.807, 2.05) is 6.92 Å². The van der Waals surface area contributed by atoms with E-state index < -0.39 is 11.6 Å². The molecule has 1 aromatic carbocycles. The molecule has 3 N–H and O–H groups in total. The first-order valence-electron chi connectivity index (χ1n) is 5.75. The summed E-state index contributed by atoms with van der Waals surface area (Å²) in [6.07, 6.45) is 0.924. The van der Waals surface area contributed by atoms with Gasteiger partial charge in [0, 0.05) is 12.6 Å². The number of hydrogen-bond donors (Lipinski definition) is 2. The third-order valence-electron chi connectivity index (χ3n) is 2.07. The lowest BCUT2D eigenvalue weighted by Gasteiger charge is -2.08. The van der Waals surface area contributed by atoms with Gasteiger partial charge in [0.25, 0.3) is 0 Å². The molecule has 0 atom stereocenters.